The van der Waals surface area contributed by atoms with Crippen LogP contribution in [0.2, 0.25) is 0 Å². The van der Waals surface area contributed by atoms with E-state index in [-0.39, 0.29) is 24.1 Å². The predicted molar refractivity (Wildman–Crippen MR) is 98.4 cm³/mol. The molecule has 7 nitrogen and oxygen atoms in total. The molecule has 0 radical (unpaired) electrons. The number of H-pyrrole nitrogens is 1. The van der Waals surface area contributed by atoms with Gasteiger partial charge in [-0.3, -0.25) is 9.59 Å². The minimum Gasteiger partial charge on any atom is -0.465 e. The van der Waals surface area contributed by atoms with Gasteiger partial charge in [-0.15, -0.1) is 0 Å². The Morgan fingerprint density at radius 2 is 1.73 bits per heavy atom. The van der Waals surface area contributed by atoms with E-state index in [9.17, 15) is 14.4 Å². The highest BCUT2D eigenvalue weighted by Crippen LogP contribution is 2.20. The molecule has 0 fully saturated rings. The molecule has 0 saturated heterocycles. The van der Waals surface area contributed by atoms with Gasteiger partial charge in [0, 0.05) is 18.4 Å². The molecule has 2 N–H and O–H groups in total. The molecule has 2 aromatic rings. The summed E-state index contributed by atoms with van der Waals surface area (Å²) in [6, 6.07) is 7.39. The third kappa shape index (κ3) is 4.11. The Hall–Kier alpha value is -3.09. The molecular weight excluding hydrogens is 334 g/mol. The smallest absolute Gasteiger partial charge is 0.339 e. The van der Waals surface area contributed by atoms with Gasteiger partial charge in [-0.05, 0) is 38.5 Å². The second-order valence-electron chi connectivity index (χ2n) is 6.19. The normalized spacial score (nSPS) is 10.3. The molecular formula is C19H23N3O4. The van der Waals surface area contributed by atoms with Crippen LogP contribution in [0.3, 0.4) is 0 Å². The molecule has 1 aromatic carbocycles. The number of esters is 1. The van der Waals surface area contributed by atoms with Crippen LogP contribution in [0.1, 0.15) is 37.7 Å². The molecule has 0 unspecified atom stereocenters. The van der Waals surface area contributed by atoms with Crippen molar-refractivity contribution in [1.29, 1.82) is 0 Å². The lowest BCUT2D eigenvalue weighted by Crippen LogP contribution is -2.35. The van der Waals surface area contributed by atoms with Crippen LogP contribution in [-0.2, 0) is 9.53 Å². The fourth-order valence-electron chi connectivity index (χ4n) is 2.69. The van der Waals surface area contributed by atoms with Gasteiger partial charge in [-0.1, -0.05) is 17.7 Å². The van der Waals surface area contributed by atoms with Gasteiger partial charge in [0.15, 0.2) is 0 Å². The first kappa shape index (κ1) is 19.2. The zero-order chi connectivity index (χ0) is 19.4. The van der Waals surface area contributed by atoms with Crippen molar-refractivity contribution in [2.24, 2.45) is 0 Å². The molecule has 7 heteroatoms. The van der Waals surface area contributed by atoms with Crippen molar-refractivity contribution in [3.63, 3.8) is 0 Å². The summed E-state index contributed by atoms with van der Waals surface area (Å²) in [6.45, 7) is 5.21. The number of anilines is 1. The summed E-state index contributed by atoms with van der Waals surface area (Å²) < 4.78 is 4.74. The average Bonchev–Trinajstić information content (AvgIpc) is 2.90. The number of aromatic amines is 1. The number of hydrogen-bond donors (Lipinski definition) is 2. The molecule has 0 aliphatic heterocycles. The lowest BCUT2D eigenvalue weighted by molar-refractivity contribution is -0.116. The number of nitrogens with one attached hydrogen (secondary N) is 2. The molecule has 2 amide bonds. The minimum atomic E-state index is -0.505. The van der Waals surface area contributed by atoms with Crippen LogP contribution in [0.15, 0.2) is 24.3 Å². The number of benzene rings is 1. The summed E-state index contributed by atoms with van der Waals surface area (Å²) in [7, 11) is 2.82. The lowest BCUT2D eigenvalue weighted by atomic mass is 10.1. The van der Waals surface area contributed by atoms with Crippen LogP contribution in [0, 0.1) is 20.8 Å². The molecule has 0 saturated carbocycles. The van der Waals surface area contributed by atoms with E-state index in [0.29, 0.717) is 22.5 Å². The zero-order valence-corrected chi connectivity index (χ0v) is 15.6. The molecule has 1 aromatic heterocycles. The van der Waals surface area contributed by atoms with Gasteiger partial charge >= 0.3 is 5.97 Å². The number of nitrogens with zero attached hydrogens (tertiary/aromatic N) is 1. The van der Waals surface area contributed by atoms with Crippen LogP contribution in [0.25, 0.3) is 0 Å². The van der Waals surface area contributed by atoms with Gasteiger partial charge in [-0.25, -0.2) is 4.79 Å². The first-order chi connectivity index (χ1) is 12.2. The van der Waals surface area contributed by atoms with Crippen molar-refractivity contribution in [2.45, 2.75) is 20.8 Å². The molecule has 2 rings (SSSR count). The van der Waals surface area contributed by atoms with E-state index in [2.05, 4.69) is 10.3 Å². The standard InChI is InChI=1S/C19H23N3O4/c1-11-6-8-14(9-7-11)21-15(23)10-22(4)18(24)17-12(2)16(13(3)20-17)19(25)26-5/h6-9,20H,10H2,1-5H3,(H,21,23). The SMILES string of the molecule is COC(=O)c1c(C)[nH]c(C(=O)N(C)CC(=O)Nc2ccc(C)cc2)c1C. The number of aryl methyl sites for hydroxylation is 2. The number of likely N-dealkylation sites (N-methyl/N-ethyl adjacent to an activating group) is 1. The van der Waals surface area contributed by atoms with Gasteiger partial charge in [0.05, 0.1) is 19.2 Å². The number of carbonyl (C=O) groups excluding carboxylic acids is 3. The number of methoxy groups -OCH3 is 1. The van der Waals surface area contributed by atoms with Crippen LogP contribution in [0.5, 0.6) is 0 Å². The van der Waals surface area contributed by atoms with Crippen molar-refractivity contribution in [2.75, 3.05) is 26.0 Å². The highest BCUT2D eigenvalue weighted by Gasteiger charge is 2.25. The van der Waals surface area contributed by atoms with Crippen molar-refractivity contribution in [1.82, 2.24) is 9.88 Å². The maximum Gasteiger partial charge on any atom is 0.339 e. The van der Waals surface area contributed by atoms with E-state index in [4.69, 9.17) is 4.74 Å². The van der Waals surface area contributed by atoms with Gasteiger partial charge in [-0.2, -0.15) is 0 Å². The Morgan fingerprint density at radius 3 is 2.31 bits per heavy atom. The molecule has 0 atom stereocenters. The van der Waals surface area contributed by atoms with E-state index < -0.39 is 5.97 Å². The summed E-state index contributed by atoms with van der Waals surface area (Å²) in [5, 5.41) is 2.75. The van der Waals surface area contributed by atoms with Gasteiger partial charge < -0.3 is 19.9 Å². The quantitative estimate of drug-likeness (QED) is 0.804. The van der Waals surface area contributed by atoms with E-state index in [1.807, 2.05) is 19.1 Å². The van der Waals surface area contributed by atoms with Crippen molar-refractivity contribution < 1.29 is 19.1 Å². The first-order valence-electron chi connectivity index (χ1n) is 8.14. The van der Waals surface area contributed by atoms with E-state index in [0.717, 1.165) is 5.56 Å². The largest absolute Gasteiger partial charge is 0.465 e. The molecule has 26 heavy (non-hydrogen) atoms. The summed E-state index contributed by atoms with van der Waals surface area (Å²) in [5.41, 5.74) is 3.43. The molecule has 0 aliphatic rings. The molecule has 0 spiro atoms. The summed E-state index contributed by atoms with van der Waals surface area (Å²) in [6.07, 6.45) is 0. The topological polar surface area (TPSA) is 91.5 Å². The number of hydrogen-bond acceptors (Lipinski definition) is 4. The van der Waals surface area contributed by atoms with Gasteiger partial charge in [0.2, 0.25) is 5.91 Å². The summed E-state index contributed by atoms with van der Waals surface area (Å²) >= 11 is 0. The Morgan fingerprint density at radius 1 is 1.12 bits per heavy atom. The minimum absolute atomic E-state index is 0.113. The lowest BCUT2D eigenvalue weighted by Gasteiger charge is -2.16. The van der Waals surface area contributed by atoms with E-state index in [1.54, 1.807) is 26.0 Å². The fraction of sp³-hybridized carbons (Fsp3) is 0.316. The first-order valence-corrected chi connectivity index (χ1v) is 8.14. The maximum absolute atomic E-state index is 12.6. The molecule has 0 bridgehead atoms. The Bertz CT molecular complexity index is 837. The number of rotatable bonds is 5. The third-order valence-corrected chi connectivity index (χ3v) is 4.10. The van der Waals surface area contributed by atoms with Crippen molar-refractivity contribution in [3.05, 3.63) is 52.3 Å². The van der Waals surface area contributed by atoms with Crippen LogP contribution in [-0.4, -0.2) is 48.4 Å². The molecule has 0 aliphatic carbocycles. The van der Waals surface area contributed by atoms with Crippen LogP contribution < -0.4 is 5.32 Å². The number of amides is 2. The maximum atomic E-state index is 12.6. The van der Waals surface area contributed by atoms with Gasteiger partial charge in [0.1, 0.15) is 5.69 Å². The Kier molecular flexibility index (Phi) is 5.82. The van der Waals surface area contributed by atoms with Crippen molar-refractivity contribution in [3.8, 4) is 0 Å². The summed E-state index contributed by atoms with van der Waals surface area (Å²) in [5.74, 6) is -1.19. The monoisotopic (exact) mass is 357 g/mol. The number of carbonyl (C=O) groups is 3. The molecule has 138 valence electrons. The average molecular weight is 357 g/mol. The zero-order valence-electron chi connectivity index (χ0n) is 15.6. The summed E-state index contributed by atoms with van der Waals surface area (Å²) in [4.78, 5) is 40.8. The Balaban J connectivity index is 2.08. The number of ether oxygens (including phenoxy) is 1. The highest BCUT2D eigenvalue weighted by atomic mass is 16.5. The number of aromatic nitrogens is 1. The second-order valence-corrected chi connectivity index (χ2v) is 6.19. The predicted octanol–water partition coefficient (Wildman–Crippen LogP) is 2.44. The van der Waals surface area contributed by atoms with Crippen LogP contribution >= 0.6 is 0 Å². The van der Waals surface area contributed by atoms with Gasteiger partial charge in [0.25, 0.3) is 5.91 Å². The Labute approximate surface area is 152 Å². The van der Waals surface area contributed by atoms with E-state index >= 15 is 0 Å². The van der Waals surface area contributed by atoms with Crippen molar-refractivity contribution >= 4 is 23.5 Å². The third-order valence-electron chi connectivity index (χ3n) is 4.10. The molecule has 1 heterocycles. The highest BCUT2D eigenvalue weighted by molar-refractivity contribution is 6.02. The van der Waals surface area contributed by atoms with E-state index in [1.165, 1.54) is 19.1 Å². The van der Waals surface area contributed by atoms with Crippen LogP contribution in [0.4, 0.5) is 5.69 Å². The fourth-order valence-corrected chi connectivity index (χ4v) is 2.69. The second kappa shape index (κ2) is 7.86.